The van der Waals surface area contributed by atoms with Crippen LogP contribution in [0.1, 0.15) is 25.3 Å². The molecule has 0 aliphatic heterocycles. The van der Waals surface area contributed by atoms with E-state index < -0.39 is 18.0 Å². The van der Waals surface area contributed by atoms with Crippen LogP contribution in [0.3, 0.4) is 0 Å². The minimum Gasteiger partial charge on any atom is -0.374 e. The topological polar surface area (TPSA) is 70.2 Å². The van der Waals surface area contributed by atoms with Gasteiger partial charge in [-0.2, -0.15) is 0 Å². The standard InChI is InChI=1S/C14H18FN3O2/c1-8-3-4-11(7-12(8)15)16-9(2)13(19)18-14(20)17-10-5-6-10/h3-4,7,9-10,16H,5-6H2,1-2H3,(H2,17,18,19,20). The average Bonchev–Trinajstić information content (AvgIpc) is 3.17. The first kappa shape index (κ1) is 14.3. The Morgan fingerprint density at radius 3 is 2.65 bits per heavy atom. The van der Waals surface area contributed by atoms with E-state index in [1.807, 2.05) is 0 Å². The van der Waals surface area contributed by atoms with Gasteiger partial charge in [-0.25, -0.2) is 9.18 Å². The lowest BCUT2D eigenvalue weighted by Crippen LogP contribution is -2.46. The molecule has 0 saturated heterocycles. The number of imide groups is 1. The van der Waals surface area contributed by atoms with Gasteiger partial charge in [0, 0.05) is 11.7 Å². The second-order valence-electron chi connectivity index (χ2n) is 5.07. The summed E-state index contributed by atoms with van der Waals surface area (Å²) in [4.78, 5) is 23.2. The lowest BCUT2D eigenvalue weighted by molar-refractivity contribution is -0.120. The SMILES string of the molecule is Cc1ccc(NC(C)C(=O)NC(=O)NC2CC2)cc1F. The Morgan fingerprint density at radius 1 is 1.35 bits per heavy atom. The monoisotopic (exact) mass is 279 g/mol. The number of rotatable bonds is 4. The predicted molar refractivity (Wildman–Crippen MR) is 73.9 cm³/mol. The fraction of sp³-hybridized carbons (Fsp3) is 0.429. The molecular formula is C14H18FN3O2. The van der Waals surface area contributed by atoms with E-state index in [1.54, 1.807) is 26.0 Å². The molecule has 1 aliphatic rings. The molecule has 6 heteroatoms. The first-order chi connectivity index (χ1) is 9.45. The van der Waals surface area contributed by atoms with Crippen molar-refractivity contribution in [2.45, 2.75) is 38.8 Å². The summed E-state index contributed by atoms with van der Waals surface area (Å²) in [5.41, 5.74) is 1.04. The van der Waals surface area contributed by atoms with Crippen LogP contribution in [0.25, 0.3) is 0 Å². The first-order valence-corrected chi connectivity index (χ1v) is 6.60. The van der Waals surface area contributed by atoms with Crippen LogP contribution in [0, 0.1) is 12.7 Å². The maximum Gasteiger partial charge on any atom is 0.321 e. The summed E-state index contributed by atoms with van der Waals surface area (Å²) in [6.07, 6.45) is 1.91. The zero-order valence-corrected chi connectivity index (χ0v) is 11.5. The van der Waals surface area contributed by atoms with Crippen LogP contribution in [0.4, 0.5) is 14.9 Å². The third-order valence-electron chi connectivity index (χ3n) is 3.10. The normalized spacial score (nSPS) is 15.3. The van der Waals surface area contributed by atoms with Gasteiger partial charge in [0.25, 0.3) is 0 Å². The van der Waals surface area contributed by atoms with Gasteiger partial charge in [0.05, 0.1) is 0 Å². The lowest BCUT2D eigenvalue weighted by Gasteiger charge is -2.15. The quantitative estimate of drug-likeness (QED) is 0.788. The molecule has 2 rings (SSSR count). The van der Waals surface area contributed by atoms with E-state index in [-0.39, 0.29) is 11.9 Å². The summed E-state index contributed by atoms with van der Waals surface area (Å²) in [5, 5.41) is 7.77. The number of hydrogen-bond acceptors (Lipinski definition) is 3. The van der Waals surface area contributed by atoms with Crippen LogP contribution in [0.5, 0.6) is 0 Å². The van der Waals surface area contributed by atoms with Crippen molar-refractivity contribution < 1.29 is 14.0 Å². The van der Waals surface area contributed by atoms with Gasteiger partial charge in [-0.1, -0.05) is 6.07 Å². The summed E-state index contributed by atoms with van der Waals surface area (Å²) < 4.78 is 13.4. The molecule has 0 bridgehead atoms. The van der Waals surface area contributed by atoms with Gasteiger partial charge >= 0.3 is 6.03 Å². The second kappa shape index (κ2) is 5.90. The predicted octanol–water partition coefficient (Wildman–Crippen LogP) is 1.92. The molecule has 1 fully saturated rings. The van der Waals surface area contributed by atoms with Gasteiger partial charge in [0.1, 0.15) is 11.9 Å². The molecule has 1 aliphatic carbocycles. The minimum atomic E-state index is -0.637. The summed E-state index contributed by atoms with van der Waals surface area (Å²) in [7, 11) is 0. The van der Waals surface area contributed by atoms with E-state index in [0.29, 0.717) is 11.3 Å². The van der Waals surface area contributed by atoms with Crippen LogP contribution in [-0.4, -0.2) is 24.0 Å². The molecule has 3 amide bonds. The highest BCUT2D eigenvalue weighted by Gasteiger charge is 2.24. The Hall–Kier alpha value is -2.11. The lowest BCUT2D eigenvalue weighted by atomic mass is 10.2. The molecule has 0 spiro atoms. The van der Waals surface area contributed by atoms with Crippen molar-refractivity contribution >= 4 is 17.6 Å². The van der Waals surface area contributed by atoms with Crippen molar-refractivity contribution in [1.29, 1.82) is 0 Å². The molecule has 1 aromatic carbocycles. The van der Waals surface area contributed by atoms with E-state index in [4.69, 9.17) is 0 Å². The Morgan fingerprint density at radius 2 is 2.05 bits per heavy atom. The van der Waals surface area contributed by atoms with Gasteiger partial charge in [0.2, 0.25) is 5.91 Å². The van der Waals surface area contributed by atoms with Gasteiger partial charge in [-0.05, 0) is 44.4 Å². The van der Waals surface area contributed by atoms with Crippen LogP contribution in [-0.2, 0) is 4.79 Å². The third-order valence-corrected chi connectivity index (χ3v) is 3.10. The molecule has 0 heterocycles. The van der Waals surface area contributed by atoms with Crippen LogP contribution >= 0.6 is 0 Å². The summed E-state index contributed by atoms with van der Waals surface area (Å²) in [5.74, 6) is -0.793. The minimum absolute atomic E-state index is 0.192. The Balaban J connectivity index is 1.86. The number of benzene rings is 1. The highest BCUT2D eigenvalue weighted by Crippen LogP contribution is 2.18. The Bertz CT molecular complexity index is 529. The smallest absolute Gasteiger partial charge is 0.321 e. The van der Waals surface area contributed by atoms with E-state index >= 15 is 0 Å². The zero-order chi connectivity index (χ0) is 14.7. The summed E-state index contributed by atoms with van der Waals surface area (Å²) in [6.45, 7) is 3.27. The number of anilines is 1. The second-order valence-corrected chi connectivity index (χ2v) is 5.07. The molecule has 3 N–H and O–H groups in total. The Labute approximate surface area is 116 Å². The number of aryl methyl sites for hydroxylation is 1. The largest absolute Gasteiger partial charge is 0.374 e. The van der Waals surface area contributed by atoms with Gasteiger partial charge < -0.3 is 10.6 Å². The zero-order valence-electron chi connectivity index (χ0n) is 11.5. The fourth-order valence-electron chi connectivity index (χ4n) is 1.67. The average molecular weight is 279 g/mol. The highest BCUT2D eigenvalue weighted by atomic mass is 19.1. The molecule has 108 valence electrons. The van der Waals surface area contributed by atoms with Crippen molar-refractivity contribution in [1.82, 2.24) is 10.6 Å². The van der Waals surface area contributed by atoms with Crippen LogP contribution in [0.15, 0.2) is 18.2 Å². The Kier molecular flexibility index (Phi) is 4.22. The van der Waals surface area contributed by atoms with Crippen molar-refractivity contribution in [3.63, 3.8) is 0 Å². The molecule has 1 aromatic rings. The van der Waals surface area contributed by atoms with Gasteiger partial charge in [0.15, 0.2) is 0 Å². The number of urea groups is 1. The third kappa shape index (κ3) is 3.94. The van der Waals surface area contributed by atoms with Crippen LogP contribution < -0.4 is 16.0 Å². The highest BCUT2D eigenvalue weighted by molar-refractivity contribution is 5.98. The van der Waals surface area contributed by atoms with Crippen molar-refractivity contribution in [2.24, 2.45) is 0 Å². The molecule has 5 nitrogen and oxygen atoms in total. The van der Waals surface area contributed by atoms with Crippen molar-refractivity contribution in [3.8, 4) is 0 Å². The van der Waals surface area contributed by atoms with Gasteiger partial charge in [-0.15, -0.1) is 0 Å². The van der Waals surface area contributed by atoms with E-state index in [9.17, 15) is 14.0 Å². The maximum atomic E-state index is 13.4. The fourth-order valence-corrected chi connectivity index (χ4v) is 1.67. The molecule has 0 aromatic heterocycles. The number of hydrogen-bond donors (Lipinski definition) is 3. The molecule has 1 unspecified atom stereocenters. The van der Waals surface area contributed by atoms with E-state index in [0.717, 1.165) is 12.8 Å². The molecule has 1 saturated carbocycles. The number of amides is 3. The van der Waals surface area contributed by atoms with Crippen molar-refractivity contribution in [3.05, 3.63) is 29.6 Å². The number of carbonyl (C=O) groups excluding carboxylic acids is 2. The van der Waals surface area contributed by atoms with E-state index in [1.165, 1.54) is 6.07 Å². The molecule has 20 heavy (non-hydrogen) atoms. The summed E-state index contributed by atoms with van der Waals surface area (Å²) >= 11 is 0. The van der Waals surface area contributed by atoms with Crippen LogP contribution in [0.2, 0.25) is 0 Å². The first-order valence-electron chi connectivity index (χ1n) is 6.60. The van der Waals surface area contributed by atoms with E-state index in [2.05, 4.69) is 16.0 Å². The molecular weight excluding hydrogens is 261 g/mol. The molecule has 0 radical (unpaired) electrons. The number of carbonyl (C=O) groups is 2. The van der Waals surface area contributed by atoms with Gasteiger partial charge in [-0.3, -0.25) is 10.1 Å². The number of nitrogens with one attached hydrogen (secondary N) is 3. The maximum absolute atomic E-state index is 13.4. The molecule has 1 atom stereocenters. The summed E-state index contributed by atoms with van der Waals surface area (Å²) in [6, 6.07) is 3.71. The number of halogens is 1. The van der Waals surface area contributed by atoms with Crippen molar-refractivity contribution in [2.75, 3.05) is 5.32 Å².